The summed E-state index contributed by atoms with van der Waals surface area (Å²) in [5.74, 6) is 0.888. The summed E-state index contributed by atoms with van der Waals surface area (Å²) >= 11 is 0. The van der Waals surface area contributed by atoms with Gasteiger partial charge in [-0.2, -0.15) is 0 Å². The summed E-state index contributed by atoms with van der Waals surface area (Å²) in [5, 5.41) is 6.71. The summed E-state index contributed by atoms with van der Waals surface area (Å²) < 4.78 is 23.2. The number of hydrogen-bond acceptors (Lipinski definition) is 3. The van der Waals surface area contributed by atoms with Crippen LogP contribution in [0.25, 0.3) is 0 Å². The van der Waals surface area contributed by atoms with Crippen LogP contribution in [0, 0.1) is 0 Å². The Bertz CT molecular complexity index is 1030. The molecule has 31 heavy (non-hydrogen) atoms. The zero-order valence-electron chi connectivity index (χ0n) is 17.7. The number of nitrogens with zero attached hydrogens (tertiary/aromatic N) is 1. The number of nitrogens with one attached hydrogen (secondary N) is 2. The third-order valence-corrected chi connectivity index (χ3v) is 6.04. The molecule has 0 radical (unpaired) electrons. The Morgan fingerprint density at radius 2 is 1.35 bits per heavy atom. The Morgan fingerprint density at radius 1 is 0.839 bits per heavy atom. The fourth-order valence-electron chi connectivity index (χ4n) is 3.26. The van der Waals surface area contributed by atoms with Crippen LogP contribution in [0.2, 0.25) is 0 Å². The van der Waals surface area contributed by atoms with Crippen molar-refractivity contribution in [2.45, 2.75) is 17.4 Å². The van der Waals surface area contributed by atoms with Crippen LogP contribution >= 0.6 is 24.0 Å². The quantitative estimate of drug-likeness (QED) is 0.263. The normalized spacial score (nSPS) is 11.6. The van der Waals surface area contributed by atoms with E-state index in [4.69, 9.17) is 0 Å². The molecule has 0 aliphatic rings. The van der Waals surface area contributed by atoms with Gasteiger partial charge in [0.05, 0.1) is 4.90 Å². The van der Waals surface area contributed by atoms with Gasteiger partial charge in [0.1, 0.15) is 0 Å². The van der Waals surface area contributed by atoms with E-state index in [-0.39, 0.29) is 29.9 Å². The van der Waals surface area contributed by atoms with Gasteiger partial charge in [-0.1, -0.05) is 72.8 Å². The molecule has 0 spiro atoms. The molecule has 7 heteroatoms. The minimum atomic E-state index is -3.18. The van der Waals surface area contributed by atoms with E-state index >= 15 is 0 Å². The predicted octanol–water partition coefficient (Wildman–Crippen LogP) is 4.21. The third kappa shape index (κ3) is 7.36. The van der Waals surface area contributed by atoms with Crippen molar-refractivity contribution in [2.24, 2.45) is 4.99 Å². The number of benzene rings is 3. The van der Waals surface area contributed by atoms with Gasteiger partial charge in [0.2, 0.25) is 0 Å². The average Bonchev–Trinajstić information content (AvgIpc) is 2.77. The molecule has 0 saturated carbocycles. The van der Waals surface area contributed by atoms with Crippen molar-refractivity contribution < 1.29 is 8.42 Å². The average molecular weight is 549 g/mol. The molecule has 5 nitrogen and oxygen atoms in total. The monoisotopic (exact) mass is 549 g/mol. The second-order valence-electron chi connectivity index (χ2n) is 7.10. The Labute approximate surface area is 201 Å². The zero-order chi connectivity index (χ0) is 21.4. The number of rotatable bonds is 7. The van der Waals surface area contributed by atoms with Gasteiger partial charge in [0.25, 0.3) is 0 Å². The number of hydrogen-bond donors (Lipinski definition) is 2. The van der Waals surface area contributed by atoms with E-state index in [1.807, 2.05) is 24.3 Å². The van der Waals surface area contributed by atoms with E-state index < -0.39 is 9.84 Å². The van der Waals surface area contributed by atoms with Gasteiger partial charge in [-0.05, 0) is 28.8 Å². The van der Waals surface area contributed by atoms with Crippen molar-refractivity contribution in [2.75, 3.05) is 19.8 Å². The smallest absolute Gasteiger partial charge is 0.191 e. The van der Waals surface area contributed by atoms with E-state index in [9.17, 15) is 8.42 Å². The van der Waals surface area contributed by atoms with Crippen molar-refractivity contribution in [3.8, 4) is 0 Å². The van der Waals surface area contributed by atoms with Crippen molar-refractivity contribution in [1.29, 1.82) is 0 Å². The van der Waals surface area contributed by atoms with Crippen LogP contribution in [0.3, 0.4) is 0 Å². The first-order chi connectivity index (χ1) is 14.5. The summed E-state index contributed by atoms with van der Waals surface area (Å²) in [5.41, 5.74) is 3.46. The van der Waals surface area contributed by atoms with Crippen molar-refractivity contribution in [3.05, 3.63) is 102 Å². The Balaban J connectivity index is 0.00000341. The van der Waals surface area contributed by atoms with Gasteiger partial charge in [-0.15, -0.1) is 24.0 Å². The molecule has 3 rings (SSSR count). The van der Waals surface area contributed by atoms with Crippen molar-refractivity contribution in [1.82, 2.24) is 10.6 Å². The van der Waals surface area contributed by atoms with Crippen LogP contribution in [0.4, 0.5) is 0 Å². The van der Waals surface area contributed by atoms with E-state index in [0.717, 1.165) is 5.56 Å². The molecule has 0 aliphatic heterocycles. The summed E-state index contributed by atoms with van der Waals surface area (Å²) in [6, 6.07) is 27.7. The molecule has 0 bridgehead atoms. The van der Waals surface area contributed by atoms with Gasteiger partial charge in [-0.3, -0.25) is 4.99 Å². The summed E-state index contributed by atoms with van der Waals surface area (Å²) in [7, 11) is -1.44. The van der Waals surface area contributed by atoms with Gasteiger partial charge in [0.15, 0.2) is 15.8 Å². The highest BCUT2D eigenvalue weighted by atomic mass is 127. The summed E-state index contributed by atoms with van der Waals surface area (Å²) in [6.07, 6.45) is 1.21. The first-order valence-electron chi connectivity index (χ1n) is 9.81. The summed E-state index contributed by atoms with van der Waals surface area (Å²) in [6.45, 7) is 1.24. The van der Waals surface area contributed by atoms with Crippen LogP contribution in [-0.2, 0) is 16.4 Å². The molecule has 0 fully saturated rings. The zero-order valence-corrected chi connectivity index (χ0v) is 20.8. The third-order valence-electron chi connectivity index (χ3n) is 4.91. The van der Waals surface area contributed by atoms with Crippen LogP contribution in [-0.4, -0.2) is 34.2 Å². The second-order valence-corrected chi connectivity index (χ2v) is 9.11. The predicted molar refractivity (Wildman–Crippen MR) is 138 cm³/mol. The molecule has 0 saturated heterocycles. The maximum Gasteiger partial charge on any atom is 0.191 e. The molecule has 0 aliphatic carbocycles. The Kier molecular flexibility index (Phi) is 9.51. The molecule has 164 valence electrons. The number of guanidine groups is 1. The van der Waals surface area contributed by atoms with E-state index in [0.29, 0.717) is 23.9 Å². The molecule has 0 unspecified atom stereocenters. The minimum Gasteiger partial charge on any atom is -0.355 e. The highest BCUT2D eigenvalue weighted by Crippen LogP contribution is 2.23. The van der Waals surface area contributed by atoms with E-state index in [2.05, 4.69) is 64.2 Å². The van der Waals surface area contributed by atoms with Crippen molar-refractivity contribution >= 4 is 39.8 Å². The first kappa shape index (κ1) is 24.9. The lowest BCUT2D eigenvalue weighted by molar-refractivity contribution is 0.602. The molecule has 0 amide bonds. The molecule has 0 aromatic heterocycles. The standard InChI is InChI=1S/C24H27N3O2S.HI/c1-25-24(26-17-19-13-15-22(16-14-19)30(2,28)29)27-18-23(20-9-5-3-6-10-20)21-11-7-4-8-12-21;/h3-16,23H,17-18H2,1-2H3,(H2,25,26,27);1H. The fraction of sp³-hybridized carbons (Fsp3) is 0.208. The van der Waals surface area contributed by atoms with Gasteiger partial charge < -0.3 is 10.6 Å². The largest absolute Gasteiger partial charge is 0.355 e. The van der Waals surface area contributed by atoms with Gasteiger partial charge >= 0.3 is 0 Å². The number of sulfone groups is 1. The molecule has 2 N–H and O–H groups in total. The summed E-state index contributed by atoms with van der Waals surface area (Å²) in [4.78, 5) is 4.64. The minimum absolute atomic E-state index is 0. The highest BCUT2D eigenvalue weighted by Gasteiger charge is 2.14. The molecular weight excluding hydrogens is 521 g/mol. The van der Waals surface area contributed by atoms with Crippen LogP contribution in [0.5, 0.6) is 0 Å². The topological polar surface area (TPSA) is 70.6 Å². The molecule has 0 heterocycles. The lowest BCUT2D eigenvalue weighted by Crippen LogP contribution is -2.39. The second kappa shape index (κ2) is 11.9. The van der Waals surface area contributed by atoms with E-state index in [1.165, 1.54) is 17.4 Å². The first-order valence-corrected chi connectivity index (χ1v) is 11.7. The number of aliphatic imine (C=N–C) groups is 1. The Hall–Kier alpha value is -2.39. The van der Waals surface area contributed by atoms with Crippen LogP contribution in [0.15, 0.2) is 94.8 Å². The van der Waals surface area contributed by atoms with Gasteiger partial charge in [-0.25, -0.2) is 8.42 Å². The van der Waals surface area contributed by atoms with Crippen LogP contribution in [0.1, 0.15) is 22.6 Å². The van der Waals surface area contributed by atoms with Crippen LogP contribution < -0.4 is 10.6 Å². The molecule has 0 atom stereocenters. The van der Waals surface area contributed by atoms with Gasteiger partial charge in [0, 0.05) is 32.3 Å². The SMILES string of the molecule is CN=C(NCc1ccc(S(C)(=O)=O)cc1)NCC(c1ccccc1)c1ccccc1.I. The lowest BCUT2D eigenvalue weighted by Gasteiger charge is -2.20. The maximum absolute atomic E-state index is 11.6. The Morgan fingerprint density at radius 3 is 1.81 bits per heavy atom. The molecule has 3 aromatic carbocycles. The van der Waals surface area contributed by atoms with E-state index in [1.54, 1.807) is 19.2 Å². The lowest BCUT2D eigenvalue weighted by atomic mass is 9.91. The fourth-order valence-corrected chi connectivity index (χ4v) is 3.89. The maximum atomic E-state index is 11.6. The molecular formula is C24H28IN3O2S. The number of halogens is 1. The molecule has 3 aromatic rings. The highest BCUT2D eigenvalue weighted by molar-refractivity contribution is 14.0. The van der Waals surface area contributed by atoms with Crippen molar-refractivity contribution in [3.63, 3.8) is 0 Å².